The van der Waals surface area contributed by atoms with Crippen LogP contribution in [0.5, 0.6) is 0 Å². The average Bonchev–Trinajstić information content (AvgIpc) is 2.90. The zero-order valence-electron chi connectivity index (χ0n) is 9.66. The van der Waals surface area contributed by atoms with Gasteiger partial charge in [-0.15, -0.1) is 0 Å². The number of nitrogens with one attached hydrogen (secondary N) is 1. The van der Waals surface area contributed by atoms with E-state index in [1.54, 1.807) is 37.5 Å². The fourth-order valence-electron chi connectivity index (χ4n) is 1.35. The van der Waals surface area contributed by atoms with Crippen molar-refractivity contribution in [3.63, 3.8) is 0 Å². The smallest absolute Gasteiger partial charge is 0.269 e. The first-order valence-corrected chi connectivity index (χ1v) is 5.25. The summed E-state index contributed by atoms with van der Waals surface area (Å²) >= 11 is 0. The van der Waals surface area contributed by atoms with Crippen LogP contribution in [-0.2, 0) is 0 Å². The maximum absolute atomic E-state index is 10.5. The summed E-state index contributed by atoms with van der Waals surface area (Å²) in [6.07, 6.45) is 1.57. The number of nitrogens with zero attached hydrogens (tertiary/aromatic N) is 2. The predicted molar refractivity (Wildman–Crippen MR) is 67.6 cm³/mol. The summed E-state index contributed by atoms with van der Waals surface area (Å²) in [5.74, 6) is 0.671. The van der Waals surface area contributed by atoms with E-state index in [0.29, 0.717) is 17.2 Å². The van der Waals surface area contributed by atoms with Gasteiger partial charge in [-0.05, 0) is 31.2 Å². The minimum atomic E-state index is -0.443. The molecule has 6 heteroatoms. The van der Waals surface area contributed by atoms with Gasteiger partial charge >= 0.3 is 0 Å². The van der Waals surface area contributed by atoms with Crippen LogP contribution in [0.25, 0.3) is 0 Å². The van der Waals surface area contributed by atoms with Crippen molar-refractivity contribution in [2.75, 3.05) is 5.43 Å². The van der Waals surface area contributed by atoms with Crippen LogP contribution in [0.4, 0.5) is 11.4 Å². The van der Waals surface area contributed by atoms with E-state index in [2.05, 4.69) is 10.5 Å². The first-order valence-electron chi connectivity index (χ1n) is 5.25. The third-order valence-electron chi connectivity index (χ3n) is 2.31. The van der Waals surface area contributed by atoms with Crippen LogP contribution in [0, 0.1) is 10.1 Å². The zero-order chi connectivity index (χ0) is 13.0. The molecule has 0 saturated carbocycles. The summed E-state index contributed by atoms with van der Waals surface area (Å²) in [4.78, 5) is 10.0. The number of hydrazone groups is 1. The van der Waals surface area contributed by atoms with E-state index >= 15 is 0 Å². The second-order valence-corrected chi connectivity index (χ2v) is 3.59. The summed E-state index contributed by atoms with van der Waals surface area (Å²) in [5.41, 5.74) is 4.22. The largest absolute Gasteiger partial charge is 0.463 e. The topological polar surface area (TPSA) is 80.7 Å². The van der Waals surface area contributed by atoms with Crippen LogP contribution < -0.4 is 5.43 Å². The molecule has 0 aliphatic heterocycles. The molecular formula is C12H11N3O3. The van der Waals surface area contributed by atoms with Gasteiger partial charge in [0.05, 0.1) is 16.9 Å². The minimum Gasteiger partial charge on any atom is -0.463 e. The highest BCUT2D eigenvalue weighted by Crippen LogP contribution is 2.15. The lowest BCUT2D eigenvalue weighted by Crippen LogP contribution is -1.98. The molecule has 1 N–H and O–H groups in total. The van der Waals surface area contributed by atoms with Gasteiger partial charge in [-0.3, -0.25) is 15.5 Å². The van der Waals surface area contributed by atoms with E-state index < -0.39 is 4.92 Å². The normalized spacial score (nSPS) is 11.3. The third-order valence-corrected chi connectivity index (χ3v) is 2.31. The number of non-ortho nitro benzene ring substituents is 1. The molecule has 0 saturated heterocycles. The summed E-state index contributed by atoms with van der Waals surface area (Å²) < 4.78 is 5.17. The third kappa shape index (κ3) is 2.73. The molecule has 0 spiro atoms. The summed E-state index contributed by atoms with van der Waals surface area (Å²) in [6, 6.07) is 9.60. The molecule has 0 fully saturated rings. The van der Waals surface area contributed by atoms with Crippen LogP contribution >= 0.6 is 0 Å². The van der Waals surface area contributed by atoms with Gasteiger partial charge in [0.1, 0.15) is 11.5 Å². The Labute approximate surface area is 103 Å². The molecule has 2 rings (SSSR count). The van der Waals surface area contributed by atoms with Crippen molar-refractivity contribution in [3.05, 3.63) is 58.5 Å². The SMILES string of the molecule is C/C(=N\Nc1ccc([N+](=O)[O-])cc1)c1ccco1. The molecule has 0 atom stereocenters. The second-order valence-electron chi connectivity index (χ2n) is 3.59. The summed E-state index contributed by atoms with van der Waals surface area (Å²) in [5, 5.41) is 14.6. The monoisotopic (exact) mass is 245 g/mol. The van der Waals surface area contributed by atoms with Crippen LogP contribution in [0.15, 0.2) is 52.2 Å². The molecule has 1 aromatic carbocycles. The Balaban J connectivity index is 2.06. The molecular weight excluding hydrogens is 234 g/mol. The number of rotatable bonds is 4. The molecule has 18 heavy (non-hydrogen) atoms. The standard InChI is InChI=1S/C12H11N3O3/c1-9(12-3-2-8-18-12)13-14-10-4-6-11(7-5-10)15(16)17/h2-8,14H,1H3/b13-9+. The van der Waals surface area contributed by atoms with E-state index in [4.69, 9.17) is 4.42 Å². The second kappa shape index (κ2) is 5.13. The molecule has 0 aliphatic rings. The highest BCUT2D eigenvalue weighted by molar-refractivity contribution is 5.96. The van der Waals surface area contributed by atoms with Crippen molar-refractivity contribution in [1.29, 1.82) is 0 Å². The quantitative estimate of drug-likeness (QED) is 0.510. The van der Waals surface area contributed by atoms with E-state index in [9.17, 15) is 10.1 Å². The fourth-order valence-corrected chi connectivity index (χ4v) is 1.35. The minimum absolute atomic E-state index is 0.0484. The van der Waals surface area contributed by atoms with E-state index in [0.717, 1.165) is 0 Å². The van der Waals surface area contributed by atoms with Crippen molar-refractivity contribution in [3.8, 4) is 0 Å². The Bertz CT molecular complexity index is 559. The number of hydrogen-bond acceptors (Lipinski definition) is 5. The Hall–Kier alpha value is -2.63. The van der Waals surface area contributed by atoms with Gasteiger partial charge in [0.15, 0.2) is 0 Å². The average molecular weight is 245 g/mol. The predicted octanol–water partition coefficient (Wildman–Crippen LogP) is 3.02. The molecule has 1 heterocycles. The van der Waals surface area contributed by atoms with E-state index in [1.807, 2.05) is 0 Å². The molecule has 92 valence electrons. The van der Waals surface area contributed by atoms with Gasteiger partial charge in [-0.25, -0.2) is 0 Å². The van der Waals surface area contributed by atoms with E-state index in [1.165, 1.54) is 12.1 Å². The van der Waals surface area contributed by atoms with Crippen molar-refractivity contribution in [2.45, 2.75) is 6.92 Å². The maximum atomic E-state index is 10.5. The fraction of sp³-hybridized carbons (Fsp3) is 0.0833. The van der Waals surface area contributed by atoms with Crippen LogP contribution in [0.1, 0.15) is 12.7 Å². The van der Waals surface area contributed by atoms with Crippen molar-refractivity contribution < 1.29 is 9.34 Å². The molecule has 1 aromatic heterocycles. The lowest BCUT2D eigenvalue weighted by Gasteiger charge is -2.01. The number of benzene rings is 1. The number of hydrogen-bond donors (Lipinski definition) is 1. The molecule has 0 bridgehead atoms. The highest BCUT2D eigenvalue weighted by Gasteiger charge is 2.03. The van der Waals surface area contributed by atoms with Crippen LogP contribution in [0.2, 0.25) is 0 Å². The summed E-state index contributed by atoms with van der Waals surface area (Å²) in [6.45, 7) is 1.80. The molecule has 0 amide bonds. The Morgan fingerprint density at radius 3 is 2.61 bits per heavy atom. The van der Waals surface area contributed by atoms with Crippen LogP contribution in [-0.4, -0.2) is 10.6 Å². The van der Waals surface area contributed by atoms with Gasteiger partial charge in [0.2, 0.25) is 0 Å². The molecule has 6 nitrogen and oxygen atoms in total. The van der Waals surface area contributed by atoms with E-state index in [-0.39, 0.29) is 5.69 Å². The number of nitro benzene ring substituents is 1. The molecule has 2 aromatic rings. The lowest BCUT2D eigenvalue weighted by atomic mass is 10.3. The van der Waals surface area contributed by atoms with Gasteiger partial charge in [-0.1, -0.05) is 0 Å². The Kier molecular flexibility index (Phi) is 3.38. The van der Waals surface area contributed by atoms with Gasteiger partial charge in [0, 0.05) is 12.1 Å². The number of furan rings is 1. The Morgan fingerprint density at radius 1 is 1.33 bits per heavy atom. The number of nitro groups is 1. The lowest BCUT2D eigenvalue weighted by molar-refractivity contribution is -0.384. The molecule has 0 unspecified atom stereocenters. The summed E-state index contributed by atoms with van der Waals surface area (Å²) in [7, 11) is 0. The number of anilines is 1. The highest BCUT2D eigenvalue weighted by atomic mass is 16.6. The van der Waals surface area contributed by atoms with Gasteiger partial charge < -0.3 is 4.42 Å². The maximum Gasteiger partial charge on any atom is 0.269 e. The molecule has 0 radical (unpaired) electrons. The van der Waals surface area contributed by atoms with Crippen molar-refractivity contribution in [2.24, 2.45) is 5.10 Å². The van der Waals surface area contributed by atoms with Gasteiger partial charge in [0.25, 0.3) is 5.69 Å². The molecule has 0 aliphatic carbocycles. The van der Waals surface area contributed by atoms with Crippen LogP contribution in [0.3, 0.4) is 0 Å². The van der Waals surface area contributed by atoms with Crippen molar-refractivity contribution in [1.82, 2.24) is 0 Å². The zero-order valence-corrected chi connectivity index (χ0v) is 9.66. The Morgan fingerprint density at radius 2 is 2.06 bits per heavy atom. The van der Waals surface area contributed by atoms with Gasteiger partial charge in [-0.2, -0.15) is 5.10 Å². The van der Waals surface area contributed by atoms with Crippen molar-refractivity contribution >= 4 is 17.1 Å². The first-order chi connectivity index (χ1) is 8.66. The first kappa shape index (κ1) is 11.8.